The van der Waals surface area contributed by atoms with E-state index in [-0.39, 0.29) is 36.6 Å². The van der Waals surface area contributed by atoms with Crippen LogP contribution in [0.5, 0.6) is 0 Å². The highest BCUT2D eigenvalue weighted by Gasteiger charge is 2.46. The summed E-state index contributed by atoms with van der Waals surface area (Å²) in [6, 6.07) is -0.750. The molecule has 3 heterocycles. The maximum Gasteiger partial charge on any atom is 0.324 e. The first kappa shape index (κ1) is 15.0. The average molecular weight is 327 g/mol. The molecule has 0 aromatic carbocycles. The SMILES string of the molecule is CC(C)n1cnc(S(=O)(=O)N2CC(N3C(=O)CNC3=O)C2)c1. The maximum absolute atomic E-state index is 12.4. The predicted molar refractivity (Wildman–Crippen MR) is 75.4 cm³/mol. The van der Waals surface area contributed by atoms with Crippen molar-refractivity contribution in [2.24, 2.45) is 0 Å². The van der Waals surface area contributed by atoms with Crippen LogP contribution in [0.25, 0.3) is 0 Å². The molecule has 1 aromatic rings. The molecule has 0 spiro atoms. The zero-order valence-electron chi connectivity index (χ0n) is 12.3. The topological polar surface area (TPSA) is 105 Å². The molecule has 1 N–H and O–H groups in total. The number of urea groups is 1. The van der Waals surface area contributed by atoms with Crippen molar-refractivity contribution in [1.82, 2.24) is 24.1 Å². The zero-order chi connectivity index (χ0) is 16.1. The monoisotopic (exact) mass is 327 g/mol. The number of imidazole rings is 1. The van der Waals surface area contributed by atoms with Crippen LogP contribution in [0.3, 0.4) is 0 Å². The van der Waals surface area contributed by atoms with Crippen LogP contribution < -0.4 is 5.32 Å². The molecule has 0 atom stereocenters. The normalized spacial score (nSPS) is 20.6. The Hall–Kier alpha value is -1.94. The number of amides is 3. The van der Waals surface area contributed by atoms with E-state index in [9.17, 15) is 18.0 Å². The standard InChI is InChI=1S/C12H17N5O4S/c1-8(2)15-6-10(14-7-15)22(20,21)16-4-9(5-16)17-11(18)3-13-12(17)19/h6-9H,3-5H2,1-2H3,(H,13,19). The molecule has 9 nitrogen and oxygen atoms in total. The van der Waals surface area contributed by atoms with Gasteiger partial charge in [-0.3, -0.25) is 9.69 Å². The molecular formula is C12H17N5O4S. The molecule has 3 amide bonds. The smallest absolute Gasteiger partial charge is 0.324 e. The lowest BCUT2D eigenvalue weighted by atomic mass is 10.1. The number of hydrogen-bond donors (Lipinski definition) is 1. The Bertz CT molecular complexity index is 704. The summed E-state index contributed by atoms with van der Waals surface area (Å²) in [7, 11) is -3.68. The van der Waals surface area contributed by atoms with Gasteiger partial charge in [0.25, 0.3) is 10.0 Å². The summed E-state index contributed by atoms with van der Waals surface area (Å²) in [6.07, 6.45) is 2.97. The van der Waals surface area contributed by atoms with Gasteiger partial charge in [0.2, 0.25) is 5.91 Å². The minimum absolute atomic E-state index is 0.0168. The average Bonchev–Trinajstić information content (AvgIpc) is 2.99. The summed E-state index contributed by atoms with van der Waals surface area (Å²) in [4.78, 5) is 28.2. The van der Waals surface area contributed by atoms with Gasteiger partial charge in [0, 0.05) is 25.3 Å². The van der Waals surface area contributed by atoms with Gasteiger partial charge in [0.1, 0.15) is 0 Å². The summed E-state index contributed by atoms with van der Waals surface area (Å²) in [6.45, 7) is 4.04. The van der Waals surface area contributed by atoms with Crippen LogP contribution in [0.1, 0.15) is 19.9 Å². The van der Waals surface area contributed by atoms with Crippen molar-refractivity contribution in [3.05, 3.63) is 12.5 Å². The third-order valence-electron chi connectivity index (χ3n) is 3.85. The highest BCUT2D eigenvalue weighted by atomic mass is 32.2. The zero-order valence-corrected chi connectivity index (χ0v) is 13.1. The van der Waals surface area contributed by atoms with E-state index in [0.29, 0.717) is 0 Å². The molecule has 0 aliphatic carbocycles. The Morgan fingerprint density at radius 2 is 2.00 bits per heavy atom. The van der Waals surface area contributed by atoms with Crippen molar-refractivity contribution in [1.29, 1.82) is 0 Å². The molecular weight excluding hydrogens is 310 g/mol. The maximum atomic E-state index is 12.4. The van der Waals surface area contributed by atoms with E-state index in [2.05, 4.69) is 10.3 Å². The fourth-order valence-electron chi connectivity index (χ4n) is 2.45. The quantitative estimate of drug-likeness (QED) is 0.743. The highest BCUT2D eigenvalue weighted by Crippen LogP contribution is 2.25. The van der Waals surface area contributed by atoms with Crippen molar-refractivity contribution in [2.45, 2.75) is 31.0 Å². The van der Waals surface area contributed by atoms with E-state index in [0.717, 1.165) is 4.90 Å². The second kappa shape index (κ2) is 5.06. The van der Waals surface area contributed by atoms with Crippen LogP contribution in [0.15, 0.2) is 17.6 Å². The highest BCUT2D eigenvalue weighted by molar-refractivity contribution is 7.89. The second-order valence-electron chi connectivity index (χ2n) is 5.65. The Morgan fingerprint density at radius 1 is 1.32 bits per heavy atom. The van der Waals surface area contributed by atoms with E-state index in [1.54, 1.807) is 4.57 Å². The van der Waals surface area contributed by atoms with Crippen LogP contribution in [0, 0.1) is 0 Å². The van der Waals surface area contributed by atoms with Crippen molar-refractivity contribution >= 4 is 22.0 Å². The number of nitrogens with one attached hydrogen (secondary N) is 1. The van der Waals surface area contributed by atoms with Crippen LogP contribution >= 0.6 is 0 Å². The Morgan fingerprint density at radius 3 is 2.50 bits per heavy atom. The minimum Gasteiger partial charge on any atom is -0.334 e. The first-order valence-electron chi connectivity index (χ1n) is 6.94. The number of imide groups is 1. The fourth-order valence-corrected chi connectivity index (χ4v) is 3.88. The molecule has 0 bridgehead atoms. The lowest BCUT2D eigenvalue weighted by molar-refractivity contribution is -0.128. The molecule has 3 rings (SSSR count). The number of rotatable bonds is 4. The van der Waals surface area contributed by atoms with Crippen LogP contribution in [-0.4, -0.2) is 64.8 Å². The number of carbonyl (C=O) groups is 2. The molecule has 10 heteroatoms. The van der Waals surface area contributed by atoms with Crippen molar-refractivity contribution < 1.29 is 18.0 Å². The largest absolute Gasteiger partial charge is 0.334 e. The molecule has 0 saturated carbocycles. The Kier molecular flexibility index (Phi) is 3.44. The van der Waals surface area contributed by atoms with E-state index >= 15 is 0 Å². The van der Waals surface area contributed by atoms with Gasteiger partial charge in [-0.25, -0.2) is 18.2 Å². The molecule has 0 radical (unpaired) electrons. The molecule has 22 heavy (non-hydrogen) atoms. The van der Waals surface area contributed by atoms with Gasteiger partial charge in [-0.05, 0) is 13.8 Å². The summed E-state index contributed by atoms with van der Waals surface area (Å²) in [5.41, 5.74) is 0. The van der Waals surface area contributed by atoms with Crippen molar-refractivity contribution in [3.8, 4) is 0 Å². The van der Waals surface area contributed by atoms with Gasteiger partial charge in [-0.2, -0.15) is 4.31 Å². The van der Waals surface area contributed by atoms with Crippen LogP contribution in [0.4, 0.5) is 4.79 Å². The Labute approximate surface area is 127 Å². The summed E-state index contributed by atoms with van der Waals surface area (Å²) >= 11 is 0. The number of sulfonamides is 1. The van der Waals surface area contributed by atoms with E-state index < -0.39 is 22.1 Å². The van der Waals surface area contributed by atoms with Crippen molar-refractivity contribution in [2.75, 3.05) is 19.6 Å². The third-order valence-corrected chi connectivity index (χ3v) is 5.57. The Balaban J connectivity index is 1.71. The van der Waals surface area contributed by atoms with Crippen molar-refractivity contribution in [3.63, 3.8) is 0 Å². The van der Waals surface area contributed by atoms with E-state index in [1.807, 2.05) is 13.8 Å². The molecule has 2 saturated heterocycles. The number of aromatic nitrogens is 2. The molecule has 2 fully saturated rings. The number of hydrogen-bond acceptors (Lipinski definition) is 5. The van der Waals surface area contributed by atoms with E-state index in [1.165, 1.54) is 16.8 Å². The summed E-state index contributed by atoms with van der Waals surface area (Å²) in [5.74, 6) is -0.323. The fraction of sp³-hybridized carbons (Fsp3) is 0.583. The third kappa shape index (κ3) is 2.28. The molecule has 1 aromatic heterocycles. The minimum atomic E-state index is -3.68. The van der Waals surface area contributed by atoms with Gasteiger partial charge >= 0.3 is 6.03 Å². The molecule has 2 aliphatic heterocycles. The summed E-state index contributed by atoms with van der Waals surface area (Å²) in [5, 5.41) is 2.41. The van der Waals surface area contributed by atoms with Gasteiger partial charge < -0.3 is 9.88 Å². The number of nitrogens with zero attached hydrogens (tertiary/aromatic N) is 4. The van der Waals surface area contributed by atoms with Crippen LogP contribution in [-0.2, 0) is 14.8 Å². The molecule has 120 valence electrons. The van der Waals surface area contributed by atoms with Gasteiger partial charge in [0.15, 0.2) is 5.03 Å². The van der Waals surface area contributed by atoms with Crippen LogP contribution in [0.2, 0.25) is 0 Å². The van der Waals surface area contributed by atoms with Gasteiger partial charge in [0.05, 0.1) is 18.9 Å². The first-order chi connectivity index (χ1) is 10.3. The van der Waals surface area contributed by atoms with Gasteiger partial charge in [-0.1, -0.05) is 0 Å². The lowest BCUT2D eigenvalue weighted by Gasteiger charge is -2.40. The van der Waals surface area contributed by atoms with E-state index in [4.69, 9.17) is 0 Å². The number of carbonyl (C=O) groups excluding carboxylic acids is 2. The second-order valence-corrected chi connectivity index (χ2v) is 7.54. The first-order valence-corrected chi connectivity index (χ1v) is 8.38. The molecule has 0 unspecified atom stereocenters. The molecule has 2 aliphatic rings. The predicted octanol–water partition coefficient (Wildman–Crippen LogP) is -0.611. The summed E-state index contributed by atoms with van der Waals surface area (Å²) < 4.78 is 27.8. The van der Waals surface area contributed by atoms with Gasteiger partial charge in [-0.15, -0.1) is 0 Å². The lowest BCUT2D eigenvalue weighted by Crippen LogP contribution is -2.62.